The molecule has 0 heterocycles. The van der Waals surface area contributed by atoms with Gasteiger partial charge in [0.15, 0.2) is 0 Å². The molecule has 2 aromatic carbocycles. The first-order valence-corrected chi connectivity index (χ1v) is 6.24. The number of nitrogens with zero attached hydrogens (tertiary/aromatic N) is 1. The van der Waals surface area contributed by atoms with Crippen LogP contribution < -0.4 is 10.7 Å². The van der Waals surface area contributed by atoms with Crippen LogP contribution in [0.25, 0.3) is 0 Å². The minimum Gasteiger partial charge on any atom is -0.508 e. The van der Waals surface area contributed by atoms with Gasteiger partial charge in [-0.25, -0.2) is 5.43 Å². The number of aromatic hydroxyl groups is 2. The number of amides is 1. The summed E-state index contributed by atoms with van der Waals surface area (Å²) in [6.07, 6.45) is 1.26. The van der Waals surface area contributed by atoms with Crippen LogP contribution in [0.3, 0.4) is 0 Å². The number of carbonyl (C=O) groups excluding carboxylic acids is 1. The Balaban J connectivity index is 2.10. The van der Waals surface area contributed by atoms with Gasteiger partial charge >= 0.3 is 0 Å². The van der Waals surface area contributed by atoms with Gasteiger partial charge in [-0.1, -0.05) is 12.1 Å². The number of hydrogen-bond donors (Lipinski definition) is 4. The number of carbonyl (C=O) groups is 1. The second kappa shape index (κ2) is 6.42. The van der Waals surface area contributed by atoms with E-state index < -0.39 is 0 Å². The van der Waals surface area contributed by atoms with Crippen LogP contribution in [0.15, 0.2) is 47.6 Å². The second-order valence-corrected chi connectivity index (χ2v) is 4.24. The van der Waals surface area contributed by atoms with Crippen LogP contribution in [0.1, 0.15) is 15.9 Å². The van der Waals surface area contributed by atoms with Crippen molar-refractivity contribution in [1.82, 2.24) is 5.43 Å². The molecule has 0 saturated carbocycles. The van der Waals surface area contributed by atoms with E-state index in [-0.39, 0.29) is 17.4 Å². The molecule has 1 amide bonds. The summed E-state index contributed by atoms with van der Waals surface area (Å²) in [5.41, 5.74) is 3.81. The standard InChI is InChI=1S/C15H15N3O3/c1-16-13-5-3-2-4-12(13)15(21)18-17-9-10-8-11(19)6-7-14(10)20/h2-9,16,19-20H,1H3,(H,18,21)/b17-9+. The lowest BCUT2D eigenvalue weighted by Gasteiger charge is -2.06. The summed E-state index contributed by atoms with van der Waals surface area (Å²) in [4.78, 5) is 12.0. The van der Waals surface area contributed by atoms with E-state index in [0.717, 1.165) is 0 Å². The molecule has 0 spiro atoms. The highest BCUT2D eigenvalue weighted by molar-refractivity contribution is 6.00. The van der Waals surface area contributed by atoms with E-state index in [0.29, 0.717) is 16.8 Å². The average molecular weight is 285 g/mol. The molecule has 0 saturated heterocycles. The quantitative estimate of drug-likeness (QED) is 0.392. The van der Waals surface area contributed by atoms with Crippen LogP contribution in [-0.4, -0.2) is 29.4 Å². The smallest absolute Gasteiger partial charge is 0.273 e. The van der Waals surface area contributed by atoms with Crippen LogP contribution in [0, 0.1) is 0 Å². The lowest BCUT2D eigenvalue weighted by Crippen LogP contribution is -2.18. The number of phenolic OH excluding ortho intramolecular Hbond substituents is 2. The molecule has 0 radical (unpaired) electrons. The van der Waals surface area contributed by atoms with Crippen LogP contribution in [-0.2, 0) is 0 Å². The first kappa shape index (κ1) is 14.4. The van der Waals surface area contributed by atoms with Crippen LogP contribution in [0.4, 0.5) is 5.69 Å². The van der Waals surface area contributed by atoms with Crippen molar-refractivity contribution in [3.8, 4) is 11.5 Å². The first-order valence-electron chi connectivity index (χ1n) is 6.24. The van der Waals surface area contributed by atoms with Gasteiger partial charge in [-0.2, -0.15) is 5.10 Å². The molecule has 0 unspecified atom stereocenters. The number of nitrogens with one attached hydrogen (secondary N) is 2. The maximum atomic E-state index is 12.0. The van der Waals surface area contributed by atoms with Gasteiger partial charge in [0.2, 0.25) is 0 Å². The summed E-state index contributed by atoms with van der Waals surface area (Å²) in [7, 11) is 1.72. The molecule has 21 heavy (non-hydrogen) atoms. The van der Waals surface area contributed by atoms with Crippen molar-refractivity contribution in [3.05, 3.63) is 53.6 Å². The van der Waals surface area contributed by atoms with Crippen molar-refractivity contribution >= 4 is 17.8 Å². The topological polar surface area (TPSA) is 94.0 Å². The zero-order chi connectivity index (χ0) is 15.2. The number of hydrazone groups is 1. The van der Waals surface area contributed by atoms with E-state index in [4.69, 9.17) is 0 Å². The number of benzene rings is 2. The van der Waals surface area contributed by atoms with Gasteiger partial charge < -0.3 is 15.5 Å². The predicted molar refractivity (Wildman–Crippen MR) is 80.8 cm³/mol. The molecule has 0 aliphatic heterocycles. The Morgan fingerprint density at radius 2 is 1.95 bits per heavy atom. The number of rotatable bonds is 4. The molecule has 0 aliphatic carbocycles. The van der Waals surface area contributed by atoms with E-state index in [9.17, 15) is 15.0 Å². The molecule has 108 valence electrons. The van der Waals surface area contributed by atoms with Crippen molar-refractivity contribution in [3.63, 3.8) is 0 Å². The normalized spacial score (nSPS) is 10.5. The molecule has 6 nitrogen and oxygen atoms in total. The molecule has 4 N–H and O–H groups in total. The average Bonchev–Trinajstić information content (AvgIpc) is 2.50. The Labute approximate surface area is 121 Å². The minimum atomic E-state index is -0.379. The lowest BCUT2D eigenvalue weighted by atomic mass is 10.1. The fourth-order valence-corrected chi connectivity index (χ4v) is 1.77. The Morgan fingerprint density at radius 1 is 1.19 bits per heavy atom. The Hall–Kier alpha value is -3.02. The van der Waals surface area contributed by atoms with Crippen molar-refractivity contribution in [2.24, 2.45) is 5.10 Å². The number of hydrogen-bond acceptors (Lipinski definition) is 5. The highest BCUT2D eigenvalue weighted by atomic mass is 16.3. The van der Waals surface area contributed by atoms with Gasteiger partial charge in [-0.3, -0.25) is 4.79 Å². The molecule has 0 fully saturated rings. The number of anilines is 1. The summed E-state index contributed by atoms with van der Waals surface area (Å²) in [6, 6.07) is 11.1. The molecule has 2 rings (SSSR count). The van der Waals surface area contributed by atoms with Gasteiger partial charge in [-0.05, 0) is 30.3 Å². The van der Waals surface area contributed by atoms with E-state index in [2.05, 4.69) is 15.8 Å². The third kappa shape index (κ3) is 3.50. The fourth-order valence-electron chi connectivity index (χ4n) is 1.77. The molecule has 2 aromatic rings. The predicted octanol–water partition coefficient (Wildman–Crippen LogP) is 1.90. The van der Waals surface area contributed by atoms with Crippen molar-refractivity contribution in [1.29, 1.82) is 0 Å². The van der Waals surface area contributed by atoms with Crippen molar-refractivity contribution in [2.45, 2.75) is 0 Å². The van der Waals surface area contributed by atoms with Gasteiger partial charge in [0, 0.05) is 18.3 Å². The van der Waals surface area contributed by atoms with Crippen LogP contribution in [0.2, 0.25) is 0 Å². The maximum absolute atomic E-state index is 12.0. The third-order valence-corrected chi connectivity index (χ3v) is 2.82. The first-order chi connectivity index (χ1) is 10.1. The van der Waals surface area contributed by atoms with Crippen LogP contribution >= 0.6 is 0 Å². The molecule has 6 heteroatoms. The highest BCUT2D eigenvalue weighted by Crippen LogP contribution is 2.20. The van der Waals surface area contributed by atoms with Crippen molar-refractivity contribution in [2.75, 3.05) is 12.4 Å². The lowest BCUT2D eigenvalue weighted by molar-refractivity contribution is 0.0956. The van der Waals surface area contributed by atoms with E-state index >= 15 is 0 Å². The number of phenols is 2. The zero-order valence-corrected chi connectivity index (χ0v) is 11.4. The molecule has 0 bridgehead atoms. The largest absolute Gasteiger partial charge is 0.508 e. The Morgan fingerprint density at radius 3 is 2.71 bits per heavy atom. The molecular weight excluding hydrogens is 270 g/mol. The molecule has 0 aromatic heterocycles. The van der Waals surface area contributed by atoms with Crippen LogP contribution in [0.5, 0.6) is 11.5 Å². The summed E-state index contributed by atoms with van der Waals surface area (Å²) in [6.45, 7) is 0. The summed E-state index contributed by atoms with van der Waals surface area (Å²) >= 11 is 0. The highest BCUT2D eigenvalue weighted by Gasteiger charge is 2.08. The summed E-state index contributed by atoms with van der Waals surface area (Å²) in [5.74, 6) is -0.418. The maximum Gasteiger partial charge on any atom is 0.273 e. The molecule has 0 atom stereocenters. The zero-order valence-electron chi connectivity index (χ0n) is 11.4. The molecular formula is C15H15N3O3. The van der Waals surface area contributed by atoms with E-state index in [1.54, 1.807) is 25.2 Å². The monoisotopic (exact) mass is 285 g/mol. The number of para-hydroxylation sites is 1. The summed E-state index contributed by atoms with van der Waals surface area (Å²) < 4.78 is 0. The third-order valence-electron chi connectivity index (χ3n) is 2.82. The Bertz CT molecular complexity index is 684. The Kier molecular flexibility index (Phi) is 4.40. The van der Waals surface area contributed by atoms with Gasteiger partial charge in [0.05, 0.1) is 11.8 Å². The van der Waals surface area contributed by atoms with Gasteiger partial charge in [-0.15, -0.1) is 0 Å². The molecule has 0 aliphatic rings. The fraction of sp³-hybridized carbons (Fsp3) is 0.0667. The van der Waals surface area contributed by atoms with E-state index in [1.807, 2.05) is 6.07 Å². The SMILES string of the molecule is CNc1ccccc1C(=O)N/N=C/c1cc(O)ccc1O. The van der Waals surface area contributed by atoms with Gasteiger partial charge in [0.25, 0.3) is 5.91 Å². The van der Waals surface area contributed by atoms with Crippen molar-refractivity contribution < 1.29 is 15.0 Å². The van der Waals surface area contributed by atoms with E-state index in [1.165, 1.54) is 24.4 Å². The second-order valence-electron chi connectivity index (χ2n) is 4.24. The summed E-state index contributed by atoms with van der Waals surface area (Å²) in [5, 5.41) is 25.6. The van der Waals surface area contributed by atoms with Gasteiger partial charge in [0.1, 0.15) is 11.5 Å². The minimum absolute atomic E-state index is 0.00102.